The van der Waals surface area contributed by atoms with Gasteiger partial charge in [-0.1, -0.05) is 6.07 Å². The number of carbonyl (C=O) groups is 3. The summed E-state index contributed by atoms with van der Waals surface area (Å²) in [6.45, 7) is 1.33. The fraction of sp³-hybridized carbons (Fsp3) is 0.222. The Morgan fingerprint density at radius 2 is 1.85 bits per heavy atom. The minimum absolute atomic E-state index is 0.0794. The van der Waals surface area contributed by atoms with Gasteiger partial charge in [-0.3, -0.25) is 19.4 Å². The van der Waals surface area contributed by atoms with Gasteiger partial charge in [0.2, 0.25) is 11.8 Å². The lowest BCUT2D eigenvalue weighted by Crippen LogP contribution is -2.60. The van der Waals surface area contributed by atoms with Gasteiger partial charge in [-0.05, 0) is 30.7 Å². The average Bonchev–Trinajstić information content (AvgIpc) is 2.59. The van der Waals surface area contributed by atoms with Crippen molar-refractivity contribution in [2.24, 2.45) is 11.5 Å². The van der Waals surface area contributed by atoms with Gasteiger partial charge in [0.05, 0.1) is 12.5 Å². The zero-order chi connectivity index (χ0) is 20.2. The number of carbonyl (C=O) groups excluding carboxylic acids is 3. The molecule has 2 aromatic rings. The summed E-state index contributed by atoms with van der Waals surface area (Å²) in [4.78, 5) is 40.5. The fourth-order valence-corrected chi connectivity index (χ4v) is 2.60. The second-order valence-electron chi connectivity index (χ2n) is 6.02. The highest BCUT2D eigenvalue weighted by molar-refractivity contribution is 6.13. The number of amides is 2. The molecule has 0 aliphatic rings. The molecule has 2 atom stereocenters. The topological polar surface area (TPSA) is 128 Å². The van der Waals surface area contributed by atoms with Crippen molar-refractivity contribution in [3.05, 3.63) is 65.5 Å². The van der Waals surface area contributed by atoms with Crippen molar-refractivity contribution in [1.82, 2.24) is 10.3 Å². The van der Waals surface area contributed by atoms with E-state index >= 15 is 0 Å². The van der Waals surface area contributed by atoms with Crippen LogP contribution in [-0.4, -0.2) is 28.6 Å². The van der Waals surface area contributed by atoms with Gasteiger partial charge in [0.15, 0.2) is 11.3 Å². The number of nitrogens with zero attached hydrogens (tertiary/aromatic N) is 1. The van der Waals surface area contributed by atoms with Crippen LogP contribution >= 0.6 is 0 Å². The van der Waals surface area contributed by atoms with Crippen LogP contribution in [0.1, 0.15) is 18.1 Å². The van der Waals surface area contributed by atoms with Crippen molar-refractivity contribution in [2.45, 2.75) is 24.9 Å². The number of ketones is 1. The van der Waals surface area contributed by atoms with Gasteiger partial charge in [-0.25, -0.2) is 8.78 Å². The Bertz CT molecular complexity index is 856. The Morgan fingerprint density at radius 1 is 1.22 bits per heavy atom. The van der Waals surface area contributed by atoms with Gasteiger partial charge in [-0.2, -0.15) is 0 Å². The number of halogens is 2. The molecule has 9 heteroatoms. The largest absolute Gasteiger partial charge is 0.367 e. The minimum Gasteiger partial charge on any atom is -0.367 e. The van der Waals surface area contributed by atoms with Gasteiger partial charge in [0, 0.05) is 24.0 Å². The maximum atomic E-state index is 13.2. The van der Waals surface area contributed by atoms with E-state index in [4.69, 9.17) is 11.5 Å². The quantitative estimate of drug-likeness (QED) is 0.600. The van der Waals surface area contributed by atoms with Crippen LogP contribution in [0.25, 0.3) is 0 Å². The van der Waals surface area contributed by atoms with Crippen LogP contribution in [0.15, 0.2) is 42.7 Å². The molecule has 0 saturated heterocycles. The van der Waals surface area contributed by atoms with Crippen molar-refractivity contribution in [1.29, 1.82) is 0 Å². The lowest BCUT2D eigenvalue weighted by atomic mass is 9.84. The molecule has 1 aromatic carbocycles. The Labute approximate surface area is 153 Å². The molecule has 0 fully saturated rings. The van der Waals surface area contributed by atoms with Crippen molar-refractivity contribution in [2.75, 3.05) is 0 Å². The molecule has 2 rings (SSSR count). The molecule has 0 aliphatic carbocycles. The first-order valence-electron chi connectivity index (χ1n) is 7.92. The molecule has 0 aliphatic heterocycles. The van der Waals surface area contributed by atoms with Crippen LogP contribution in [0.2, 0.25) is 0 Å². The summed E-state index contributed by atoms with van der Waals surface area (Å²) in [6, 6.07) is 4.39. The number of rotatable bonds is 7. The van der Waals surface area contributed by atoms with Gasteiger partial charge in [0.1, 0.15) is 11.6 Å². The number of primary amides is 1. The van der Waals surface area contributed by atoms with Gasteiger partial charge < -0.3 is 16.8 Å². The molecule has 5 N–H and O–H groups in total. The zero-order valence-corrected chi connectivity index (χ0v) is 14.4. The molecule has 1 heterocycles. The number of Topliss-reactive ketones (excluding diaryl/α,β-unsaturated/α-hetero) is 1. The predicted octanol–water partition coefficient (Wildman–Crippen LogP) is 0.316. The van der Waals surface area contributed by atoms with Gasteiger partial charge in [-0.15, -0.1) is 0 Å². The number of hydrogen-bond donors (Lipinski definition) is 3. The summed E-state index contributed by atoms with van der Waals surface area (Å²) in [5.41, 5.74) is 9.26. The number of hydrogen-bond acceptors (Lipinski definition) is 5. The molecule has 1 aromatic heterocycles. The summed E-state index contributed by atoms with van der Waals surface area (Å²) >= 11 is 0. The van der Waals surface area contributed by atoms with Crippen LogP contribution in [0.5, 0.6) is 0 Å². The number of pyridine rings is 1. The van der Waals surface area contributed by atoms with Crippen LogP contribution in [0.4, 0.5) is 8.78 Å². The molecule has 1 unspecified atom stereocenters. The standard InChI is InChI=1S/C18H18F2N4O3/c1-10(24-15(25)7-11-5-13(19)8-14(20)6-11)16(26)18(22,17(21)27)12-3-2-4-23-9-12/h2-6,8-10H,7,22H2,1H3,(H2,21,27)(H,24,25)/t10-,18?/m0/s1. The third kappa shape index (κ3) is 4.50. The van der Waals surface area contributed by atoms with Gasteiger partial charge in [0.25, 0.3) is 0 Å². The molecular weight excluding hydrogens is 358 g/mol. The molecule has 142 valence electrons. The summed E-state index contributed by atoms with van der Waals surface area (Å²) in [5, 5.41) is 2.36. The van der Waals surface area contributed by atoms with Gasteiger partial charge >= 0.3 is 0 Å². The lowest BCUT2D eigenvalue weighted by Gasteiger charge is -2.28. The Hall–Kier alpha value is -3.20. The van der Waals surface area contributed by atoms with Crippen LogP contribution in [0, 0.1) is 11.6 Å². The van der Waals surface area contributed by atoms with E-state index in [0.29, 0.717) is 6.07 Å². The summed E-state index contributed by atoms with van der Waals surface area (Å²) in [7, 11) is 0. The Kier molecular flexibility index (Phi) is 5.96. The molecule has 0 saturated carbocycles. The molecule has 0 spiro atoms. The molecule has 27 heavy (non-hydrogen) atoms. The van der Waals surface area contributed by atoms with Crippen molar-refractivity contribution in [3.63, 3.8) is 0 Å². The molecule has 0 bridgehead atoms. The third-order valence-electron chi connectivity index (χ3n) is 3.95. The van der Waals surface area contributed by atoms with E-state index in [1.807, 2.05) is 0 Å². The maximum absolute atomic E-state index is 13.2. The molecular formula is C18H18F2N4O3. The second kappa shape index (κ2) is 8.00. The van der Waals surface area contributed by atoms with Crippen molar-refractivity contribution >= 4 is 17.6 Å². The van der Waals surface area contributed by atoms with Crippen LogP contribution in [0.3, 0.4) is 0 Å². The summed E-state index contributed by atoms with van der Waals surface area (Å²) < 4.78 is 26.4. The maximum Gasteiger partial charge on any atom is 0.250 e. The monoisotopic (exact) mass is 376 g/mol. The average molecular weight is 376 g/mol. The first-order chi connectivity index (χ1) is 12.6. The minimum atomic E-state index is -2.19. The van der Waals surface area contributed by atoms with Crippen LogP contribution in [-0.2, 0) is 26.3 Å². The summed E-state index contributed by atoms with van der Waals surface area (Å²) in [5.74, 6) is -4.28. The first-order valence-corrected chi connectivity index (χ1v) is 7.92. The van der Waals surface area contributed by atoms with Crippen LogP contribution < -0.4 is 16.8 Å². The molecule has 2 amide bonds. The SMILES string of the molecule is C[C@H](NC(=O)Cc1cc(F)cc(F)c1)C(=O)C(N)(C(N)=O)c1cccnc1. The first kappa shape index (κ1) is 20.1. The summed E-state index contributed by atoms with van der Waals surface area (Å²) in [6.07, 6.45) is 2.29. The van der Waals surface area contributed by atoms with Crippen molar-refractivity contribution < 1.29 is 23.2 Å². The number of nitrogens with one attached hydrogen (secondary N) is 1. The number of benzene rings is 1. The highest BCUT2D eigenvalue weighted by atomic mass is 19.1. The van der Waals surface area contributed by atoms with E-state index in [1.165, 1.54) is 31.5 Å². The predicted molar refractivity (Wildman–Crippen MR) is 92.0 cm³/mol. The smallest absolute Gasteiger partial charge is 0.250 e. The lowest BCUT2D eigenvalue weighted by molar-refractivity contribution is -0.137. The Morgan fingerprint density at radius 3 is 2.37 bits per heavy atom. The highest BCUT2D eigenvalue weighted by Crippen LogP contribution is 2.20. The van der Waals surface area contributed by atoms with E-state index in [-0.39, 0.29) is 17.5 Å². The normalized spacial score (nSPS) is 14.1. The number of aromatic nitrogens is 1. The van der Waals surface area contributed by atoms with E-state index in [9.17, 15) is 23.2 Å². The van der Waals surface area contributed by atoms with E-state index < -0.39 is 40.8 Å². The third-order valence-corrected chi connectivity index (χ3v) is 3.95. The Balaban J connectivity index is 2.15. The van der Waals surface area contributed by atoms with E-state index in [2.05, 4.69) is 10.3 Å². The van der Waals surface area contributed by atoms with E-state index in [1.54, 1.807) is 0 Å². The second-order valence-corrected chi connectivity index (χ2v) is 6.02. The highest BCUT2D eigenvalue weighted by Gasteiger charge is 2.44. The molecule has 7 nitrogen and oxygen atoms in total. The molecule has 0 radical (unpaired) electrons. The fourth-order valence-electron chi connectivity index (χ4n) is 2.60. The number of nitrogens with two attached hydrogens (primary N) is 2. The van der Waals surface area contributed by atoms with E-state index in [0.717, 1.165) is 12.1 Å². The van der Waals surface area contributed by atoms with Crippen molar-refractivity contribution in [3.8, 4) is 0 Å². The zero-order valence-electron chi connectivity index (χ0n) is 14.4.